The number of para-hydroxylation sites is 1. The Morgan fingerprint density at radius 1 is 1.27 bits per heavy atom. The normalized spacial score (nSPS) is 25.5. The van der Waals surface area contributed by atoms with Gasteiger partial charge >= 0.3 is 0 Å². The summed E-state index contributed by atoms with van der Waals surface area (Å²) in [5, 5.41) is 3.04. The zero-order chi connectivity index (χ0) is 18.5. The van der Waals surface area contributed by atoms with Crippen LogP contribution in [0.25, 0.3) is 0 Å². The Morgan fingerprint density at radius 2 is 2.00 bits per heavy atom. The average Bonchev–Trinajstić information content (AvgIpc) is 3.31. The van der Waals surface area contributed by atoms with E-state index in [-0.39, 0.29) is 5.92 Å². The number of benzene rings is 2. The molecular formula is C18H17ClN2O4S. The predicted octanol–water partition coefficient (Wildman–Crippen LogP) is 2.90. The van der Waals surface area contributed by atoms with Crippen LogP contribution < -0.4 is 14.4 Å². The van der Waals surface area contributed by atoms with E-state index in [0.717, 1.165) is 0 Å². The number of amides is 1. The van der Waals surface area contributed by atoms with Gasteiger partial charge in [0.1, 0.15) is 5.75 Å². The van der Waals surface area contributed by atoms with Gasteiger partial charge in [0.15, 0.2) is 4.75 Å². The van der Waals surface area contributed by atoms with E-state index in [2.05, 4.69) is 5.32 Å². The van der Waals surface area contributed by atoms with Crippen LogP contribution in [0.4, 0.5) is 11.4 Å². The van der Waals surface area contributed by atoms with Crippen LogP contribution >= 0.6 is 11.6 Å². The molecular weight excluding hydrogens is 376 g/mol. The summed E-state index contributed by atoms with van der Waals surface area (Å²) in [6, 6.07) is 13.6. The van der Waals surface area contributed by atoms with E-state index in [1.54, 1.807) is 42.5 Å². The maximum Gasteiger partial charge on any atom is 0.250 e. The standard InChI is InChI=1S/C18H17ClN2O4S/c1-25-16-8-7-13(9-15(16)19)20-17(22)18-10-12(18)11-21(26(18,23)24)14-5-3-2-4-6-14/h2-9,12H,10-11H2,1H3,(H,20,22). The van der Waals surface area contributed by atoms with Crippen molar-refractivity contribution in [1.82, 2.24) is 0 Å². The number of carbonyl (C=O) groups excluding carboxylic acids is 1. The molecule has 2 unspecified atom stereocenters. The molecule has 8 heteroatoms. The highest BCUT2D eigenvalue weighted by Crippen LogP contribution is 2.58. The lowest BCUT2D eigenvalue weighted by molar-refractivity contribution is -0.116. The number of carbonyl (C=O) groups is 1. The van der Waals surface area contributed by atoms with Gasteiger partial charge in [-0.3, -0.25) is 9.10 Å². The van der Waals surface area contributed by atoms with Gasteiger partial charge in [-0.25, -0.2) is 8.42 Å². The van der Waals surface area contributed by atoms with E-state index in [1.807, 2.05) is 6.07 Å². The molecule has 2 atom stereocenters. The summed E-state index contributed by atoms with van der Waals surface area (Å²) in [7, 11) is -2.29. The number of fused-ring (bicyclic) bond motifs is 1. The van der Waals surface area contributed by atoms with Gasteiger partial charge < -0.3 is 10.1 Å². The summed E-state index contributed by atoms with van der Waals surface area (Å²) in [4.78, 5) is 12.8. The highest BCUT2D eigenvalue weighted by Gasteiger charge is 2.75. The number of halogens is 1. The third-order valence-corrected chi connectivity index (χ3v) is 7.87. The quantitative estimate of drug-likeness (QED) is 0.868. The third kappa shape index (κ3) is 2.38. The van der Waals surface area contributed by atoms with Crippen molar-refractivity contribution in [3.8, 4) is 5.75 Å². The van der Waals surface area contributed by atoms with Crippen molar-refractivity contribution < 1.29 is 17.9 Å². The number of nitrogens with zero attached hydrogens (tertiary/aromatic N) is 1. The molecule has 1 saturated carbocycles. The second kappa shape index (κ2) is 5.89. The summed E-state index contributed by atoms with van der Waals surface area (Å²) in [5.41, 5.74) is 1.02. The van der Waals surface area contributed by atoms with Crippen molar-refractivity contribution in [2.45, 2.75) is 11.2 Å². The number of hydrogen-bond donors (Lipinski definition) is 1. The highest BCUT2D eigenvalue weighted by molar-refractivity contribution is 7.95. The zero-order valence-corrected chi connectivity index (χ0v) is 15.5. The molecule has 2 aliphatic rings. The average molecular weight is 393 g/mol. The number of rotatable bonds is 4. The molecule has 26 heavy (non-hydrogen) atoms. The summed E-state index contributed by atoms with van der Waals surface area (Å²) in [6.45, 7) is 0.323. The topological polar surface area (TPSA) is 75.7 Å². The maximum atomic E-state index is 13.1. The van der Waals surface area contributed by atoms with Crippen LogP contribution in [0.2, 0.25) is 5.02 Å². The first-order chi connectivity index (χ1) is 12.4. The minimum atomic E-state index is -3.79. The molecule has 1 aliphatic carbocycles. The monoisotopic (exact) mass is 392 g/mol. The van der Waals surface area contributed by atoms with Crippen LogP contribution in [0, 0.1) is 5.92 Å². The first-order valence-corrected chi connectivity index (χ1v) is 9.94. The smallest absolute Gasteiger partial charge is 0.250 e. The number of nitrogens with one attached hydrogen (secondary N) is 1. The van der Waals surface area contributed by atoms with Gasteiger partial charge in [-0.05, 0) is 36.8 Å². The molecule has 0 aromatic heterocycles. The van der Waals surface area contributed by atoms with Gasteiger partial charge in [0, 0.05) is 18.2 Å². The molecule has 2 fully saturated rings. The molecule has 1 heterocycles. The van der Waals surface area contributed by atoms with Crippen molar-refractivity contribution >= 4 is 38.9 Å². The van der Waals surface area contributed by atoms with Crippen LogP contribution in [0.3, 0.4) is 0 Å². The van der Waals surface area contributed by atoms with E-state index in [0.29, 0.717) is 35.1 Å². The zero-order valence-electron chi connectivity index (χ0n) is 14.0. The summed E-state index contributed by atoms with van der Waals surface area (Å²) in [6.07, 6.45) is 0.342. The van der Waals surface area contributed by atoms with E-state index in [1.165, 1.54) is 11.4 Å². The van der Waals surface area contributed by atoms with Gasteiger partial charge in [-0.1, -0.05) is 29.8 Å². The Bertz CT molecular complexity index is 980. The molecule has 4 rings (SSSR count). The molecule has 2 aromatic rings. The highest BCUT2D eigenvalue weighted by atomic mass is 35.5. The Labute approximate surface area is 156 Å². The molecule has 1 N–H and O–H groups in total. The Morgan fingerprint density at radius 3 is 2.65 bits per heavy atom. The Kier molecular flexibility index (Phi) is 3.89. The number of ether oxygens (including phenoxy) is 1. The molecule has 6 nitrogen and oxygen atoms in total. The summed E-state index contributed by atoms with van der Waals surface area (Å²) in [5.74, 6) is -0.237. The molecule has 0 spiro atoms. The number of methoxy groups -OCH3 is 1. The predicted molar refractivity (Wildman–Crippen MR) is 100 cm³/mol. The Hall–Kier alpha value is -2.25. The maximum absolute atomic E-state index is 13.1. The molecule has 0 radical (unpaired) electrons. The van der Waals surface area contributed by atoms with E-state index in [4.69, 9.17) is 16.3 Å². The molecule has 0 bridgehead atoms. The fraction of sp³-hybridized carbons (Fsp3) is 0.278. The minimum absolute atomic E-state index is 0.207. The largest absolute Gasteiger partial charge is 0.495 e. The van der Waals surface area contributed by atoms with Crippen molar-refractivity contribution in [3.05, 3.63) is 53.6 Å². The second-order valence-electron chi connectivity index (χ2n) is 6.47. The molecule has 1 aliphatic heterocycles. The lowest BCUT2D eigenvalue weighted by Gasteiger charge is -2.23. The lowest BCUT2D eigenvalue weighted by atomic mass is 10.2. The van der Waals surface area contributed by atoms with E-state index >= 15 is 0 Å². The molecule has 2 aromatic carbocycles. The molecule has 1 saturated heterocycles. The van der Waals surface area contributed by atoms with Crippen LogP contribution in [0.15, 0.2) is 48.5 Å². The first-order valence-electron chi connectivity index (χ1n) is 8.12. The van der Waals surface area contributed by atoms with Crippen LogP contribution in [-0.2, 0) is 14.8 Å². The van der Waals surface area contributed by atoms with Crippen molar-refractivity contribution in [2.24, 2.45) is 5.92 Å². The van der Waals surface area contributed by atoms with Crippen molar-refractivity contribution in [2.75, 3.05) is 23.3 Å². The van der Waals surface area contributed by atoms with E-state index < -0.39 is 20.7 Å². The number of sulfonamides is 1. The first kappa shape index (κ1) is 17.2. The van der Waals surface area contributed by atoms with Crippen LogP contribution in [0.5, 0.6) is 5.75 Å². The van der Waals surface area contributed by atoms with Crippen LogP contribution in [-0.4, -0.2) is 32.7 Å². The van der Waals surface area contributed by atoms with Gasteiger partial charge in [-0.15, -0.1) is 0 Å². The SMILES string of the molecule is COc1ccc(NC(=O)C23CC2CN(c2ccccc2)S3(=O)=O)cc1Cl. The van der Waals surface area contributed by atoms with Crippen LogP contribution in [0.1, 0.15) is 6.42 Å². The lowest BCUT2D eigenvalue weighted by Crippen LogP contribution is -2.42. The summed E-state index contributed by atoms with van der Waals surface area (Å²) < 4.78 is 31.2. The van der Waals surface area contributed by atoms with Gasteiger partial charge in [0.2, 0.25) is 15.9 Å². The Balaban J connectivity index is 1.60. The summed E-state index contributed by atoms with van der Waals surface area (Å²) >= 11 is 6.07. The second-order valence-corrected chi connectivity index (χ2v) is 8.99. The third-order valence-electron chi connectivity index (χ3n) is 5.02. The van der Waals surface area contributed by atoms with Crippen molar-refractivity contribution in [3.63, 3.8) is 0 Å². The number of anilines is 2. The fourth-order valence-corrected chi connectivity index (χ4v) is 6.16. The van der Waals surface area contributed by atoms with Gasteiger partial charge in [0.25, 0.3) is 0 Å². The fourth-order valence-electron chi connectivity index (χ4n) is 3.54. The van der Waals surface area contributed by atoms with E-state index in [9.17, 15) is 13.2 Å². The minimum Gasteiger partial charge on any atom is -0.495 e. The van der Waals surface area contributed by atoms with Gasteiger partial charge in [-0.2, -0.15) is 0 Å². The van der Waals surface area contributed by atoms with Gasteiger partial charge in [0.05, 0.1) is 17.8 Å². The van der Waals surface area contributed by atoms with Crippen molar-refractivity contribution in [1.29, 1.82) is 0 Å². The molecule has 136 valence electrons. The molecule has 1 amide bonds. The number of hydrogen-bond acceptors (Lipinski definition) is 4.